The summed E-state index contributed by atoms with van der Waals surface area (Å²) < 4.78 is 18.5. The van der Waals surface area contributed by atoms with Crippen LogP contribution in [0.5, 0.6) is 5.75 Å². The smallest absolute Gasteiger partial charge is 0.179 e. The summed E-state index contributed by atoms with van der Waals surface area (Å²) in [6, 6.07) is 3.30. The van der Waals surface area contributed by atoms with Crippen molar-refractivity contribution in [2.75, 3.05) is 13.7 Å². The molecule has 3 nitrogen and oxygen atoms in total. The summed E-state index contributed by atoms with van der Waals surface area (Å²) in [7, 11) is 1.42. The van der Waals surface area contributed by atoms with Crippen LogP contribution in [0.1, 0.15) is 5.56 Å². The van der Waals surface area contributed by atoms with Gasteiger partial charge in [-0.2, -0.15) is 0 Å². The summed E-state index contributed by atoms with van der Waals surface area (Å²) in [5.74, 6) is 4.71. The Hall–Kier alpha value is -0.650. The van der Waals surface area contributed by atoms with Crippen LogP contribution in [0.25, 0.3) is 0 Å². The molecule has 14 heavy (non-hydrogen) atoms. The molecule has 0 aliphatic rings. The minimum Gasteiger partial charge on any atom is -0.494 e. The highest BCUT2D eigenvalue weighted by molar-refractivity contribution is 9.10. The van der Waals surface area contributed by atoms with Crippen LogP contribution in [-0.4, -0.2) is 13.7 Å². The van der Waals surface area contributed by atoms with Crippen LogP contribution >= 0.6 is 15.9 Å². The van der Waals surface area contributed by atoms with Gasteiger partial charge in [0.1, 0.15) is 0 Å². The molecule has 1 aromatic carbocycles. The zero-order chi connectivity index (χ0) is 10.6. The highest BCUT2D eigenvalue weighted by Crippen LogP contribution is 2.27. The van der Waals surface area contributed by atoms with E-state index in [9.17, 15) is 4.39 Å². The largest absolute Gasteiger partial charge is 0.494 e. The number of benzene rings is 1. The van der Waals surface area contributed by atoms with Gasteiger partial charge in [-0.15, -0.1) is 0 Å². The fourth-order valence-electron chi connectivity index (χ4n) is 1.09. The highest BCUT2D eigenvalue weighted by atomic mass is 79.9. The lowest BCUT2D eigenvalue weighted by Gasteiger charge is -2.07. The van der Waals surface area contributed by atoms with Crippen LogP contribution < -0.4 is 10.6 Å². The Labute approximate surface area is 90.1 Å². The van der Waals surface area contributed by atoms with Crippen molar-refractivity contribution in [1.82, 2.24) is 0 Å². The molecular weight excluding hydrogens is 253 g/mol. The topological polar surface area (TPSA) is 44.5 Å². The van der Waals surface area contributed by atoms with Crippen molar-refractivity contribution in [3.8, 4) is 5.75 Å². The molecule has 0 unspecified atom stereocenters. The Bertz CT molecular complexity index is 320. The van der Waals surface area contributed by atoms with E-state index in [1.54, 1.807) is 12.1 Å². The molecule has 0 aromatic heterocycles. The molecule has 2 N–H and O–H groups in total. The summed E-state index contributed by atoms with van der Waals surface area (Å²) in [6.45, 7) is 0.390. The molecule has 0 radical (unpaired) electrons. The standard InChI is InChI=1S/C9H11BrFNO2/c1-13-8-5-6(2-3-14-12)4-7(10)9(8)11/h4-5H,2-3,12H2,1H3. The highest BCUT2D eigenvalue weighted by Gasteiger charge is 2.08. The van der Waals surface area contributed by atoms with Crippen LogP contribution in [-0.2, 0) is 11.3 Å². The molecule has 0 fully saturated rings. The molecule has 0 bridgehead atoms. The van der Waals surface area contributed by atoms with E-state index in [0.717, 1.165) is 5.56 Å². The Balaban J connectivity index is 2.91. The third kappa shape index (κ3) is 2.67. The third-order valence-electron chi connectivity index (χ3n) is 1.78. The number of hydrogen-bond donors (Lipinski definition) is 1. The molecule has 5 heteroatoms. The first-order valence-electron chi connectivity index (χ1n) is 4.02. The number of ether oxygens (including phenoxy) is 1. The van der Waals surface area contributed by atoms with Crippen molar-refractivity contribution in [3.05, 3.63) is 28.0 Å². The maximum atomic E-state index is 13.3. The first kappa shape index (κ1) is 11.4. The monoisotopic (exact) mass is 263 g/mol. The normalized spacial score (nSPS) is 10.3. The van der Waals surface area contributed by atoms with E-state index in [4.69, 9.17) is 10.6 Å². The van der Waals surface area contributed by atoms with Crippen LogP contribution in [0.2, 0.25) is 0 Å². The van der Waals surface area contributed by atoms with Gasteiger partial charge < -0.3 is 9.57 Å². The molecule has 0 heterocycles. The lowest BCUT2D eigenvalue weighted by Crippen LogP contribution is -2.04. The summed E-state index contributed by atoms with van der Waals surface area (Å²) in [4.78, 5) is 4.44. The Morgan fingerprint density at radius 3 is 2.79 bits per heavy atom. The second kappa shape index (κ2) is 5.29. The van der Waals surface area contributed by atoms with Crippen molar-refractivity contribution < 1.29 is 14.0 Å². The summed E-state index contributed by atoms with van der Waals surface area (Å²) in [5, 5.41) is 0. The molecule has 1 rings (SSSR count). The number of hydrogen-bond acceptors (Lipinski definition) is 3. The van der Waals surface area contributed by atoms with E-state index in [1.807, 2.05) is 0 Å². The maximum absolute atomic E-state index is 13.3. The van der Waals surface area contributed by atoms with Crippen molar-refractivity contribution in [3.63, 3.8) is 0 Å². The Kier molecular flexibility index (Phi) is 4.31. The second-order valence-electron chi connectivity index (χ2n) is 2.71. The summed E-state index contributed by atoms with van der Waals surface area (Å²) >= 11 is 3.10. The van der Waals surface area contributed by atoms with Crippen molar-refractivity contribution in [2.45, 2.75) is 6.42 Å². The number of methoxy groups -OCH3 is 1. The van der Waals surface area contributed by atoms with Crippen LogP contribution in [0.15, 0.2) is 16.6 Å². The lowest BCUT2D eigenvalue weighted by atomic mass is 10.1. The molecular formula is C9H11BrFNO2. The molecule has 78 valence electrons. The molecule has 0 saturated carbocycles. The van der Waals surface area contributed by atoms with Gasteiger partial charge in [-0.1, -0.05) is 0 Å². The predicted molar refractivity (Wildman–Crippen MR) is 54.5 cm³/mol. The zero-order valence-corrected chi connectivity index (χ0v) is 9.30. The van der Waals surface area contributed by atoms with Gasteiger partial charge in [-0.25, -0.2) is 10.3 Å². The quantitative estimate of drug-likeness (QED) is 0.846. The van der Waals surface area contributed by atoms with Crippen LogP contribution in [0, 0.1) is 5.82 Å². The van der Waals surface area contributed by atoms with Gasteiger partial charge in [-0.05, 0) is 40.0 Å². The van der Waals surface area contributed by atoms with Gasteiger partial charge in [0.15, 0.2) is 11.6 Å². The van der Waals surface area contributed by atoms with Gasteiger partial charge in [0.05, 0.1) is 18.2 Å². The van der Waals surface area contributed by atoms with E-state index in [0.29, 0.717) is 17.5 Å². The maximum Gasteiger partial charge on any atom is 0.179 e. The summed E-state index contributed by atoms with van der Waals surface area (Å²) in [5.41, 5.74) is 0.903. The van der Waals surface area contributed by atoms with E-state index >= 15 is 0 Å². The van der Waals surface area contributed by atoms with Gasteiger partial charge >= 0.3 is 0 Å². The fraction of sp³-hybridized carbons (Fsp3) is 0.333. The van der Waals surface area contributed by atoms with E-state index in [-0.39, 0.29) is 5.75 Å². The second-order valence-corrected chi connectivity index (χ2v) is 3.57. The molecule has 0 amide bonds. The molecule has 0 aliphatic heterocycles. The predicted octanol–water partition coefficient (Wildman–Crippen LogP) is 2.03. The third-order valence-corrected chi connectivity index (χ3v) is 2.36. The van der Waals surface area contributed by atoms with E-state index in [2.05, 4.69) is 20.8 Å². The first-order chi connectivity index (χ1) is 6.69. The summed E-state index contributed by atoms with van der Waals surface area (Å²) in [6.07, 6.45) is 0.617. The average Bonchev–Trinajstić information content (AvgIpc) is 2.19. The fourth-order valence-corrected chi connectivity index (χ4v) is 1.58. The molecule has 0 spiro atoms. The average molecular weight is 264 g/mol. The number of rotatable bonds is 4. The van der Waals surface area contributed by atoms with Gasteiger partial charge in [0, 0.05) is 0 Å². The van der Waals surface area contributed by atoms with Crippen molar-refractivity contribution in [1.29, 1.82) is 0 Å². The van der Waals surface area contributed by atoms with Crippen molar-refractivity contribution >= 4 is 15.9 Å². The van der Waals surface area contributed by atoms with Gasteiger partial charge in [-0.3, -0.25) is 0 Å². The van der Waals surface area contributed by atoms with Crippen LogP contribution in [0.4, 0.5) is 4.39 Å². The minimum atomic E-state index is -0.398. The van der Waals surface area contributed by atoms with Gasteiger partial charge in [0.2, 0.25) is 0 Å². The molecule has 0 atom stereocenters. The lowest BCUT2D eigenvalue weighted by molar-refractivity contribution is 0.141. The van der Waals surface area contributed by atoms with E-state index < -0.39 is 5.82 Å². The van der Waals surface area contributed by atoms with Gasteiger partial charge in [0.25, 0.3) is 0 Å². The number of nitrogens with two attached hydrogens (primary N) is 1. The first-order valence-corrected chi connectivity index (χ1v) is 4.82. The van der Waals surface area contributed by atoms with Crippen LogP contribution in [0.3, 0.4) is 0 Å². The van der Waals surface area contributed by atoms with E-state index in [1.165, 1.54) is 7.11 Å². The molecule has 0 saturated heterocycles. The molecule has 0 aliphatic carbocycles. The van der Waals surface area contributed by atoms with Crippen molar-refractivity contribution in [2.24, 2.45) is 5.90 Å². The SMILES string of the molecule is COc1cc(CCON)cc(Br)c1F. The minimum absolute atomic E-state index is 0.214. The molecule has 1 aromatic rings. The Morgan fingerprint density at radius 1 is 1.50 bits per heavy atom. The number of halogens is 2. The zero-order valence-electron chi connectivity index (χ0n) is 7.72. The Morgan fingerprint density at radius 2 is 2.21 bits per heavy atom.